The number of hydrogen-bond donors (Lipinski definition) is 0. The first-order chi connectivity index (χ1) is 22.7. The van der Waals surface area contributed by atoms with Crippen molar-refractivity contribution in [3.63, 3.8) is 0 Å². The van der Waals surface area contributed by atoms with Crippen LogP contribution in [0.4, 0.5) is 17.1 Å². The maximum Gasteiger partial charge on any atom is 0.0944 e. The Morgan fingerprint density at radius 1 is 0.457 bits per heavy atom. The molecular weight excluding hydrogens is 556 g/mol. The molecule has 6 aromatic carbocycles. The van der Waals surface area contributed by atoms with Gasteiger partial charge >= 0.3 is 0 Å². The van der Waals surface area contributed by atoms with Gasteiger partial charge in [0.05, 0.1) is 6.07 Å². The maximum absolute atomic E-state index is 9.19. The lowest BCUT2D eigenvalue weighted by Crippen LogP contribution is -2.09. The molecule has 46 heavy (non-hydrogen) atoms. The van der Waals surface area contributed by atoms with E-state index in [1.54, 1.807) is 0 Å². The van der Waals surface area contributed by atoms with Gasteiger partial charge in [-0.1, -0.05) is 146 Å². The first kappa shape index (κ1) is 29.9. The summed E-state index contributed by atoms with van der Waals surface area (Å²) in [7, 11) is 0. The minimum Gasteiger partial charge on any atom is -0.311 e. The molecule has 0 aromatic heterocycles. The summed E-state index contributed by atoms with van der Waals surface area (Å²) >= 11 is 0. The number of rotatable bonds is 9. The van der Waals surface area contributed by atoms with Crippen LogP contribution in [-0.4, -0.2) is 0 Å². The highest BCUT2D eigenvalue weighted by atomic mass is 15.1. The minimum atomic E-state index is 0.681. The predicted molar refractivity (Wildman–Crippen MR) is 196 cm³/mol. The Hall–Kier alpha value is -6.17. The second kappa shape index (κ2) is 14.5. The predicted octanol–water partition coefficient (Wildman–Crippen LogP) is 12.1. The minimum absolute atomic E-state index is 0.681. The number of nitriles is 1. The third kappa shape index (κ3) is 7.48. The van der Waals surface area contributed by atoms with E-state index < -0.39 is 0 Å². The topological polar surface area (TPSA) is 27.0 Å². The highest BCUT2D eigenvalue weighted by molar-refractivity contribution is 5.79. The molecule has 0 aliphatic carbocycles. The van der Waals surface area contributed by atoms with Gasteiger partial charge in [0.2, 0.25) is 0 Å². The molecule has 220 valence electrons. The normalized spacial score (nSPS) is 11.5. The molecule has 0 saturated carbocycles. The van der Waals surface area contributed by atoms with Crippen LogP contribution in [0, 0.1) is 11.3 Å². The molecule has 0 heterocycles. The SMILES string of the molecule is C/C(C#N)=C/c1ccc(N(c2ccc(/C=C/C=C/c3ccc(-c4ccccc4)cc3)cc2)c2ccc(-c3ccccc3)cc2)cc1. The van der Waals surface area contributed by atoms with Crippen LogP contribution in [0.25, 0.3) is 40.5 Å². The molecule has 0 aliphatic heterocycles. The fourth-order valence-corrected chi connectivity index (χ4v) is 5.37. The maximum atomic E-state index is 9.19. The highest BCUT2D eigenvalue weighted by Gasteiger charge is 2.13. The molecule has 2 heteroatoms. The van der Waals surface area contributed by atoms with E-state index in [4.69, 9.17) is 0 Å². The quantitative estimate of drug-likeness (QED) is 0.124. The number of allylic oxidation sites excluding steroid dienone is 3. The fraction of sp³-hybridized carbons (Fsp3) is 0.0227. The van der Waals surface area contributed by atoms with E-state index in [1.165, 1.54) is 22.3 Å². The zero-order valence-electron chi connectivity index (χ0n) is 25.8. The van der Waals surface area contributed by atoms with Crippen molar-refractivity contribution in [2.45, 2.75) is 6.92 Å². The summed E-state index contributed by atoms with van der Waals surface area (Å²) in [5.41, 5.74) is 12.0. The van der Waals surface area contributed by atoms with E-state index in [2.05, 4.69) is 181 Å². The first-order valence-electron chi connectivity index (χ1n) is 15.4. The van der Waals surface area contributed by atoms with Crippen molar-refractivity contribution in [1.29, 1.82) is 5.26 Å². The highest BCUT2D eigenvalue weighted by Crippen LogP contribution is 2.36. The van der Waals surface area contributed by atoms with Gasteiger partial charge in [-0.25, -0.2) is 0 Å². The lowest BCUT2D eigenvalue weighted by Gasteiger charge is -2.26. The van der Waals surface area contributed by atoms with E-state index in [-0.39, 0.29) is 0 Å². The molecule has 0 unspecified atom stereocenters. The molecule has 0 amide bonds. The van der Waals surface area contributed by atoms with Gasteiger partial charge in [0.25, 0.3) is 0 Å². The van der Waals surface area contributed by atoms with Crippen LogP contribution in [0.1, 0.15) is 23.6 Å². The van der Waals surface area contributed by atoms with Crippen LogP contribution in [0.5, 0.6) is 0 Å². The van der Waals surface area contributed by atoms with Gasteiger partial charge in [-0.05, 0) is 88.3 Å². The third-order valence-electron chi connectivity index (χ3n) is 7.80. The Kier molecular flexibility index (Phi) is 9.44. The summed E-state index contributed by atoms with van der Waals surface area (Å²) in [5, 5.41) is 9.19. The Balaban J connectivity index is 1.21. The third-order valence-corrected chi connectivity index (χ3v) is 7.80. The van der Waals surface area contributed by atoms with Gasteiger partial charge in [0, 0.05) is 22.6 Å². The fourth-order valence-electron chi connectivity index (χ4n) is 5.37. The molecule has 0 saturated heterocycles. The van der Waals surface area contributed by atoms with Crippen LogP contribution < -0.4 is 4.90 Å². The van der Waals surface area contributed by atoms with Crippen molar-refractivity contribution >= 4 is 35.3 Å². The summed E-state index contributed by atoms with van der Waals surface area (Å²) in [5.74, 6) is 0. The number of hydrogen-bond acceptors (Lipinski definition) is 2. The summed E-state index contributed by atoms with van der Waals surface area (Å²) in [4.78, 5) is 2.26. The van der Waals surface area contributed by atoms with Gasteiger partial charge in [-0.15, -0.1) is 0 Å². The molecule has 2 nitrogen and oxygen atoms in total. The van der Waals surface area contributed by atoms with Gasteiger partial charge < -0.3 is 4.90 Å². The lowest BCUT2D eigenvalue weighted by atomic mass is 10.0. The van der Waals surface area contributed by atoms with Crippen LogP contribution in [0.3, 0.4) is 0 Å². The van der Waals surface area contributed by atoms with E-state index in [0.29, 0.717) is 5.57 Å². The van der Waals surface area contributed by atoms with E-state index in [1.807, 2.05) is 25.1 Å². The number of anilines is 3. The zero-order chi connectivity index (χ0) is 31.6. The summed E-state index contributed by atoms with van der Waals surface area (Å²) in [6, 6.07) is 57.3. The Morgan fingerprint density at radius 2 is 0.804 bits per heavy atom. The average Bonchev–Trinajstić information content (AvgIpc) is 3.13. The van der Waals surface area contributed by atoms with E-state index in [0.717, 1.165) is 33.8 Å². The van der Waals surface area contributed by atoms with Crippen molar-refractivity contribution in [2.75, 3.05) is 4.90 Å². The Morgan fingerprint density at radius 3 is 1.24 bits per heavy atom. The van der Waals surface area contributed by atoms with Crippen molar-refractivity contribution < 1.29 is 0 Å². The molecule has 0 radical (unpaired) electrons. The Labute approximate surface area is 272 Å². The van der Waals surface area contributed by atoms with E-state index in [9.17, 15) is 5.26 Å². The largest absolute Gasteiger partial charge is 0.311 e. The van der Waals surface area contributed by atoms with E-state index >= 15 is 0 Å². The molecule has 0 spiro atoms. The molecule has 0 N–H and O–H groups in total. The smallest absolute Gasteiger partial charge is 0.0944 e. The summed E-state index contributed by atoms with van der Waals surface area (Å²) in [6.45, 7) is 1.82. The van der Waals surface area contributed by atoms with Gasteiger partial charge in [-0.2, -0.15) is 5.26 Å². The second-order valence-corrected chi connectivity index (χ2v) is 11.1. The molecule has 6 rings (SSSR count). The monoisotopic (exact) mass is 590 g/mol. The summed E-state index contributed by atoms with van der Waals surface area (Å²) < 4.78 is 0. The number of benzene rings is 6. The van der Waals surface area contributed by atoms with Crippen LogP contribution in [0.2, 0.25) is 0 Å². The Bertz CT molecular complexity index is 1990. The van der Waals surface area contributed by atoms with Crippen LogP contribution in [-0.2, 0) is 0 Å². The van der Waals surface area contributed by atoms with Crippen molar-refractivity contribution in [3.8, 4) is 28.3 Å². The molecule has 6 aromatic rings. The van der Waals surface area contributed by atoms with Crippen molar-refractivity contribution in [3.05, 3.63) is 192 Å². The molecular formula is C44H34N2. The van der Waals surface area contributed by atoms with Crippen LogP contribution in [0.15, 0.2) is 175 Å². The zero-order valence-corrected chi connectivity index (χ0v) is 25.8. The summed E-state index contributed by atoms with van der Waals surface area (Å²) in [6.07, 6.45) is 10.3. The average molecular weight is 591 g/mol. The standard InChI is InChI=1S/C44H34N2/c1-34(33-45)32-37-20-28-43(29-21-37)46(44-30-24-41(25-31-44)39-14-6-3-7-15-39)42-26-18-36(19-27-42)11-9-8-10-35-16-22-40(23-17-35)38-12-4-2-5-13-38/h2-32H,1H3/b10-8+,11-9+,34-32-. The second-order valence-electron chi connectivity index (χ2n) is 11.1. The molecule has 0 aliphatic rings. The van der Waals surface area contributed by atoms with Gasteiger partial charge in [0.15, 0.2) is 0 Å². The van der Waals surface area contributed by atoms with Gasteiger partial charge in [0.1, 0.15) is 0 Å². The van der Waals surface area contributed by atoms with Crippen LogP contribution >= 0.6 is 0 Å². The number of nitrogens with zero attached hydrogens (tertiary/aromatic N) is 2. The van der Waals surface area contributed by atoms with Gasteiger partial charge in [-0.3, -0.25) is 0 Å². The molecule has 0 fully saturated rings. The lowest BCUT2D eigenvalue weighted by molar-refractivity contribution is 1.28. The molecule has 0 atom stereocenters. The molecule has 0 bridgehead atoms. The first-order valence-corrected chi connectivity index (χ1v) is 15.4. The van der Waals surface area contributed by atoms with Crippen molar-refractivity contribution in [1.82, 2.24) is 0 Å². The van der Waals surface area contributed by atoms with Crippen molar-refractivity contribution in [2.24, 2.45) is 0 Å².